The molecule has 0 aromatic rings. The number of likely N-dealkylation sites (N-methyl/N-ethyl adjacent to an activating group) is 1. The van der Waals surface area contributed by atoms with Crippen molar-refractivity contribution in [3.8, 4) is 0 Å². The highest BCUT2D eigenvalue weighted by Crippen LogP contribution is 2.43. The number of unbranched alkanes of at least 4 members (excludes halogenated alkanes) is 35. The molecule has 0 saturated heterocycles. The van der Waals surface area contributed by atoms with E-state index in [0.717, 1.165) is 57.8 Å². The molecular weight excluding hydrogens is 902 g/mol. The van der Waals surface area contributed by atoms with Crippen LogP contribution in [-0.4, -0.2) is 75.6 Å². The second-order valence-electron chi connectivity index (χ2n) is 21.7. The van der Waals surface area contributed by atoms with Gasteiger partial charge in [0, 0.05) is 13.0 Å². The van der Waals surface area contributed by atoms with Crippen molar-refractivity contribution < 1.29 is 37.3 Å². The Kier molecular flexibility index (Phi) is 53.5. The van der Waals surface area contributed by atoms with Crippen LogP contribution < -0.4 is 0 Å². The van der Waals surface area contributed by atoms with Gasteiger partial charge in [-0.1, -0.05) is 274 Å². The van der Waals surface area contributed by atoms with E-state index in [0.29, 0.717) is 24.1 Å². The first-order valence-electron chi connectivity index (χ1n) is 30.4. The average molecular weight is 1020 g/mol. The van der Waals surface area contributed by atoms with Gasteiger partial charge < -0.3 is 18.9 Å². The molecule has 2 atom stereocenters. The zero-order chi connectivity index (χ0) is 51.9. The number of phosphoric ester groups is 1. The maximum Gasteiger partial charge on any atom is 0.472 e. The molecule has 0 aromatic carbocycles. The van der Waals surface area contributed by atoms with E-state index >= 15 is 0 Å². The molecule has 1 N–H and O–H groups in total. The Morgan fingerprint density at radius 3 is 1.23 bits per heavy atom. The molecule has 0 amide bonds. The maximum absolute atomic E-state index is 12.8. The summed E-state index contributed by atoms with van der Waals surface area (Å²) in [6, 6.07) is 0. The third-order valence-corrected chi connectivity index (χ3v) is 14.4. The maximum atomic E-state index is 12.8. The van der Waals surface area contributed by atoms with Gasteiger partial charge in [0.2, 0.25) is 0 Å². The molecule has 71 heavy (non-hydrogen) atoms. The Labute approximate surface area is 441 Å². The van der Waals surface area contributed by atoms with Crippen molar-refractivity contribution in [3.05, 3.63) is 48.6 Å². The molecule has 0 rings (SSSR count). The number of phosphoric acid groups is 1. The van der Waals surface area contributed by atoms with Crippen molar-refractivity contribution in [2.45, 2.75) is 290 Å². The van der Waals surface area contributed by atoms with E-state index in [-0.39, 0.29) is 25.8 Å². The van der Waals surface area contributed by atoms with Gasteiger partial charge in [0.1, 0.15) is 19.3 Å². The summed E-state index contributed by atoms with van der Waals surface area (Å²) in [5.74, 6) is -0.311. The smallest absolute Gasteiger partial charge is 0.457 e. The van der Waals surface area contributed by atoms with Crippen molar-refractivity contribution in [1.82, 2.24) is 0 Å². The van der Waals surface area contributed by atoms with E-state index in [1.807, 2.05) is 21.1 Å². The minimum atomic E-state index is -4.29. The standard InChI is InChI=1S/C62H118NO7P/c1-6-8-10-12-14-16-18-20-22-24-26-28-30-32-33-35-37-39-41-43-45-47-49-51-53-55-62(64)70-61(60-69-71(65,66)68-58-56-63(3,4)5)59-67-57-54-52-50-48-46-44-42-40-38-36-34-31-29-27-25-23-21-19-17-15-13-11-9-7-2/h8,10,14,16,20,22,26,28,61H,6-7,9,11-13,15,17-19,21,23-25,27,29-60H2,1-5H3/p+1/b10-8-,16-14-,22-20-,28-26-. The normalized spacial score (nSPS) is 13.7. The van der Waals surface area contributed by atoms with E-state index < -0.39 is 13.9 Å². The average Bonchev–Trinajstić information content (AvgIpc) is 3.33. The number of ether oxygens (including phenoxy) is 2. The van der Waals surface area contributed by atoms with E-state index in [4.69, 9.17) is 18.5 Å². The summed E-state index contributed by atoms with van der Waals surface area (Å²) in [5.41, 5.74) is 0. The summed E-state index contributed by atoms with van der Waals surface area (Å²) in [6.07, 6.45) is 70.4. The van der Waals surface area contributed by atoms with E-state index in [1.54, 1.807) is 0 Å². The largest absolute Gasteiger partial charge is 0.472 e. The molecule has 0 radical (unpaired) electrons. The zero-order valence-corrected chi connectivity index (χ0v) is 48.6. The van der Waals surface area contributed by atoms with Crippen LogP contribution >= 0.6 is 7.82 Å². The first-order chi connectivity index (χ1) is 34.6. The molecule has 0 aliphatic heterocycles. The molecule has 418 valence electrons. The first kappa shape index (κ1) is 69.5. The van der Waals surface area contributed by atoms with Crippen LogP contribution in [0.1, 0.15) is 284 Å². The molecule has 9 heteroatoms. The van der Waals surface area contributed by atoms with E-state index in [2.05, 4.69) is 62.5 Å². The fourth-order valence-corrected chi connectivity index (χ4v) is 9.53. The molecule has 0 bridgehead atoms. The van der Waals surface area contributed by atoms with Crippen LogP contribution in [0.25, 0.3) is 0 Å². The molecule has 0 heterocycles. The molecule has 0 saturated carbocycles. The van der Waals surface area contributed by atoms with Gasteiger partial charge in [-0.05, 0) is 51.4 Å². The minimum absolute atomic E-state index is 0.0893. The van der Waals surface area contributed by atoms with Crippen molar-refractivity contribution in [2.24, 2.45) is 0 Å². The van der Waals surface area contributed by atoms with Crippen molar-refractivity contribution >= 4 is 13.8 Å². The van der Waals surface area contributed by atoms with Gasteiger partial charge in [0.05, 0.1) is 34.4 Å². The lowest BCUT2D eigenvalue weighted by Crippen LogP contribution is -2.37. The van der Waals surface area contributed by atoms with Gasteiger partial charge in [-0.3, -0.25) is 13.8 Å². The van der Waals surface area contributed by atoms with Gasteiger partial charge in [-0.25, -0.2) is 4.57 Å². The highest BCUT2D eigenvalue weighted by atomic mass is 31.2. The van der Waals surface area contributed by atoms with Gasteiger partial charge in [0.25, 0.3) is 0 Å². The van der Waals surface area contributed by atoms with Crippen molar-refractivity contribution in [1.29, 1.82) is 0 Å². The summed E-state index contributed by atoms with van der Waals surface area (Å²) in [5, 5.41) is 0. The van der Waals surface area contributed by atoms with Crippen molar-refractivity contribution in [3.63, 3.8) is 0 Å². The zero-order valence-electron chi connectivity index (χ0n) is 47.7. The number of carbonyl (C=O) groups excluding carboxylic acids is 1. The number of allylic oxidation sites excluding steroid dienone is 8. The highest BCUT2D eigenvalue weighted by Gasteiger charge is 2.26. The van der Waals surface area contributed by atoms with Crippen LogP contribution in [-0.2, 0) is 27.9 Å². The van der Waals surface area contributed by atoms with E-state index in [9.17, 15) is 14.3 Å². The Morgan fingerprint density at radius 1 is 0.451 bits per heavy atom. The lowest BCUT2D eigenvalue weighted by molar-refractivity contribution is -0.870. The van der Waals surface area contributed by atoms with Crippen LogP contribution in [0.15, 0.2) is 48.6 Å². The fraction of sp³-hybridized carbons (Fsp3) is 0.855. The van der Waals surface area contributed by atoms with Crippen LogP contribution in [0.2, 0.25) is 0 Å². The quantitative estimate of drug-likeness (QED) is 0.0213. The Balaban J connectivity index is 4.02. The fourth-order valence-electron chi connectivity index (χ4n) is 8.78. The molecule has 0 aliphatic carbocycles. The van der Waals surface area contributed by atoms with Crippen LogP contribution in [0.3, 0.4) is 0 Å². The number of quaternary nitrogens is 1. The van der Waals surface area contributed by atoms with Crippen LogP contribution in [0.4, 0.5) is 0 Å². The summed E-state index contributed by atoms with van der Waals surface area (Å²) < 4.78 is 35.3. The van der Waals surface area contributed by atoms with Crippen LogP contribution in [0, 0.1) is 0 Å². The Hall–Kier alpha value is -1.54. The van der Waals surface area contributed by atoms with Gasteiger partial charge in [-0.2, -0.15) is 0 Å². The monoisotopic (exact) mass is 1020 g/mol. The SMILES string of the molecule is CC/C=C\C/C=C\C/C=C\C/C=C\CCCCCCCCCCCCCCC(=O)OC(COCCCCCCCCCCCCCCCCCCCCCCCCCC)COP(=O)(O)OCC[N+](C)(C)C. The second-order valence-corrected chi connectivity index (χ2v) is 23.2. The number of hydrogen-bond acceptors (Lipinski definition) is 6. The number of carbonyl (C=O) groups is 1. The molecule has 0 aliphatic rings. The summed E-state index contributed by atoms with van der Waals surface area (Å²) in [6.45, 7) is 5.57. The minimum Gasteiger partial charge on any atom is -0.457 e. The van der Waals surface area contributed by atoms with Gasteiger partial charge in [0.15, 0.2) is 0 Å². The Bertz CT molecular complexity index is 1280. The third kappa shape index (κ3) is 59.2. The van der Waals surface area contributed by atoms with Crippen molar-refractivity contribution in [2.75, 3.05) is 54.1 Å². The Morgan fingerprint density at radius 2 is 0.817 bits per heavy atom. The van der Waals surface area contributed by atoms with Gasteiger partial charge in [-0.15, -0.1) is 0 Å². The van der Waals surface area contributed by atoms with E-state index in [1.165, 1.54) is 205 Å². The number of rotatable bonds is 57. The second kappa shape index (κ2) is 54.7. The molecule has 2 unspecified atom stereocenters. The molecule has 0 aromatic heterocycles. The summed E-state index contributed by atoms with van der Waals surface area (Å²) in [4.78, 5) is 23.1. The topological polar surface area (TPSA) is 91.3 Å². The lowest BCUT2D eigenvalue weighted by Gasteiger charge is -2.24. The first-order valence-corrected chi connectivity index (χ1v) is 31.9. The highest BCUT2D eigenvalue weighted by molar-refractivity contribution is 7.47. The molecule has 0 fully saturated rings. The number of nitrogens with zero attached hydrogens (tertiary/aromatic N) is 1. The number of esters is 1. The predicted octanol–water partition coefficient (Wildman–Crippen LogP) is 19.4. The molecule has 0 spiro atoms. The predicted molar refractivity (Wildman–Crippen MR) is 307 cm³/mol. The summed E-state index contributed by atoms with van der Waals surface area (Å²) >= 11 is 0. The summed E-state index contributed by atoms with van der Waals surface area (Å²) in [7, 11) is 1.68. The van der Waals surface area contributed by atoms with Gasteiger partial charge >= 0.3 is 13.8 Å². The number of hydrogen-bond donors (Lipinski definition) is 1. The molecule has 8 nitrogen and oxygen atoms in total. The van der Waals surface area contributed by atoms with Crippen LogP contribution in [0.5, 0.6) is 0 Å². The third-order valence-electron chi connectivity index (χ3n) is 13.4. The molecular formula is C62H119NO7P+. The lowest BCUT2D eigenvalue weighted by atomic mass is 10.0.